The van der Waals surface area contributed by atoms with Crippen LogP contribution in [0.25, 0.3) is 11.0 Å². The maximum Gasteiger partial charge on any atom is 0.263 e. The average molecular weight is 350 g/mol. The highest BCUT2D eigenvalue weighted by Crippen LogP contribution is 2.16. The fraction of sp³-hybridized carbons (Fsp3) is 0.500. The normalized spacial score (nSPS) is 12.3. The minimum Gasteiger partial charge on any atom is -0.383 e. The van der Waals surface area contributed by atoms with Crippen LogP contribution in [-0.4, -0.2) is 46.0 Å². The van der Waals surface area contributed by atoms with Crippen LogP contribution in [0.5, 0.6) is 0 Å². The summed E-state index contributed by atoms with van der Waals surface area (Å²) in [6, 6.07) is 3.53. The Kier molecular flexibility index (Phi) is 6.74. The number of aromatic nitrogens is 3. The third-order valence-corrected chi connectivity index (χ3v) is 4.54. The second-order valence-corrected chi connectivity index (χ2v) is 6.33. The second-order valence-electron chi connectivity index (χ2n) is 5.38. The van der Waals surface area contributed by atoms with Gasteiger partial charge in [-0.1, -0.05) is 18.7 Å². The third kappa shape index (κ3) is 4.55. The van der Waals surface area contributed by atoms with Gasteiger partial charge in [0.15, 0.2) is 10.8 Å². The Morgan fingerprint density at radius 1 is 1.50 bits per heavy atom. The summed E-state index contributed by atoms with van der Waals surface area (Å²) in [5.41, 5.74) is 0.219. The van der Waals surface area contributed by atoms with Gasteiger partial charge in [0.2, 0.25) is 5.91 Å². The SMILES string of the molecule is CC[C@H](C)NC(=O)CSc1nc2ncccc2c(=O)n1CCOC. The van der Waals surface area contributed by atoms with Gasteiger partial charge in [0.1, 0.15) is 0 Å². The zero-order chi connectivity index (χ0) is 17.5. The highest BCUT2D eigenvalue weighted by atomic mass is 32.2. The lowest BCUT2D eigenvalue weighted by Crippen LogP contribution is -2.33. The van der Waals surface area contributed by atoms with Gasteiger partial charge in [-0.3, -0.25) is 14.2 Å². The lowest BCUT2D eigenvalue weighted by Gasteiger charge is -2.13. The van der Waals surface area contributed by atoms with E-state index in [1.165, 1.54) is 16.3 Å². The molecule has 2 aromatic rings. The van der Waals surface area contributed by atoms with Gasteiger partial charge < -0.3 is 10.1 Å². The molecule has 0 radical (unpaired) electrons. The fourth-order valence-corrected chi connectivity index (χ4v) is 2.90. The Hall–Kier alpha value is -1.93. The van der Waals surface area contributed by atoms with E-state index in [1.807, 2.05) is 13.8 Å². The first kappa shape index (κ1) is 18.4. The minimum atomic E-state index is -0.171. The Morgan fingerprint density at radius 3 is 3.00 bits per heavy atom. The number of hydrogen-bond donors (Lipinski definition) is 1. The molecule has 0 aliphatic rings. The molecule has 0 aliphatic carbocycles. The summed E-state index contributed by atoms with van der Waals surface area (Å²) in [6.45, 7) is 4.73. The quantitative estimate of drug-likeness (QED) is 0.573. The van der Waals surface area contributed by atoms with E-state index >= 15 is 0 Å². The van der Waals surface area contributed by atoms with Crippen LogP contribution in [0.15, 0.2) is 28.3 Å². The number of ether oxygens (including phenoxy) is 1. The molecule has 0 aromatic carbocycles. The maximum absolute atomic E-state index is 12.6. The molecule has 130 valence electrons. The first-order valence-corrected chi connectivity index (χ1v) is 8.82. The van der Waals surface area contributed by atoms with E-state index in [-0.39, 0.29) is 23.3 Å². The Morgan fingerprint density at radius 2 is 2.29 bits per heavy atom. The molecule has 0 bridgehead atoms. The van der Waals surface area contributed by atoms with Gasteiger partial charge in [-0.15, -0.1) is 0 Å². The topological polar surface area (TPSA) is 86.1 Å². The molecule has 1 N–H and O–H groups in total. The molecule has 0 spiro atoms. The third-order valence-electron chi connectivity index (χ3n) is 3.57. The van der Waals surface area contributed by atoms with E-state index in [0.29, 0.717) is 29.3 Å². The van der Waals surface area contributed by atoms with Crippen molar-refractivity contribution in [2.24, 2.45) is 0 Å². The largest absolute Gasteiger partial charge is 0.383 e. The number of methoxy groups -OCH3 is 1. The standard InChI is InChI=1S/C16H22N4O3S/c1-4-11(2)18-13(21)10-24-16-19-14-12(6-5-7-17-14)15(22)20(16)8-9-23-3/h5-7,11H,4,8-10H2,1-3H3,(H,18,21)/t11-/m0/s1. The van der Waals surface area contributed by atoms with Crippen LogP contribution in [0.2, 0.25) is 0 Å². The molecule has 0 aliphatic heterocycles. The Labute approximate surface area is 144 Å². The highest BCUT2D eigenvalue weighted by molar-refractivity contribution is 7.99. The molecule has 0 unspecified atom stereocenters. The van der Waals surface area contributed by atoms with E-state index in [1.54, 1.807) is 25.4 Å². The van der Waals surface area contributed by atoms with Gasteiger partial charge in [-0.25, -0.2) is 9.97 Å². The van der Waals surface area contributed by atoms with Crippen molar-refractivity contribution in [1.29, 1.82) is 0 Å². The van der Waals surface area contributed by atoms with E-state index < -0.39 is 0 Å². The molecule has 0 saturated heterocycles. The van der Waals surface area contributed by atoms with Crippen molar-refractivity contribution in [3.8, 4) is 0 Å². The van der Waals surface area contributed by atoms with Crippen LogP contribution in [0.3, 0.4) is 0 Å². The van der Waals surface area contributed by atoms with Gasteiger partial charge in [0, 0.05) is 19.3 Å². The van der Waals surface area contributed by atoms with E-state index in [4.69, 9.17) is 4.74 Å². The van der Waals surface area contributed by atoms with E-state index in [0.717, 1.165) is 6.42 Å². The second kappa shape index (κ2) is 8.79. The van der Waals surface area contributed by atoms with Crippen LogP contribution >= 0.6 is 11.8 Å². The summed E-state index contributed by atoms with van der Waals surface area (Å²) in [7, 11) is 1.58. The molecule has 7 nitrogen and oxygen atoms in total. The predicted octanol–water partition coefficient (Wildman–Crippen LogP) is 1.44. The first-order valence-electron chi connectivity index (χ1n) is 7.83. The number of thioether (sulfide) groups is 1. The van der Waals surface area contributed by atoms with Gasteiger partial charge in [-0.05, 0) is 25.5 Å². The van der Waals surface area contributed by atoms with Crippen LogP contribution in [0.1, 0.15) is 20.3 Å². The van der Waals surface area contributed by atoms with Crippen LogP contribution < -0.4 is 10.9 Å². The van der Waals surface area contributed by atoms with Crippen LogP contribution in [-0.2, 0) is 16.1 Å². The molecular formula is C16H22N4O3S. The zero-order valence-electron chi connectivity index (χ0n) is 14.1. The van der Waals surface area contributed by atoms with Gasteiger partial charge in [0.25, 0.3) is 5.56 Å². The molecule has 0 saturated carbocycles. The number of rotatable bonds is 8. The first-order chi connectivity index (χ1) is 11.6. The molecule has 2 rings (SSSR count). The monoisotopic (exact) mass is 350 g/mol. The summed E-state index contributed by atoms with van der Waals surface area (Å²) in [6.07, 6.45) is 2.46. The summed E-state index contributed by atoms with van der Waals surface area (Å²) >= 11 is 1.23. The van der Waals surface area contributed by atoms with Crippen molar-refractivity contribution in [3.05, 3.63) is 28.7 Å². The zero-order valence-corrected chi connectivity index (χ0v) is 14.9. The number of amides is 1. The Bertz CT molecular complexity index is 763. The number of hydrogen-bond acceptors (Lipinski definition) is 6. The van der Waals surface area contributed by atoms with Crippen molar-refractivity contribution in [2.75, 3.05) is 19.5 Å². The number of nitrogens with zero attached hydrogens (tertiary/aromatic N) is 3. The van der Waals surface area contributed by atoms with Gasteiger partial charge >= 0.3 is 0 Å². The molecule has 8 heteroatoms. The number of fused-ring (bicyclic) bond motifs is 1. The number of carbonyl (C=O) groups excluding carboxylic acids is 1. The maximum atomic E-state index is 12.6. The average Bonchev–Trinajstić information content (AvgIpc) is 2.59. The van der Waals surface area contributed by atoms with Gasteiger partial charge in [0.05, 0.1) is 24.3 Å². The lowest BCUT2D eigenvalue weighted by atomic mass is 10.3. The molecule has 2 heterocycles. The lowest BCUT2D eigenvalue weighted by molar-refractivity contribution is -0.119. The highest BCUT2D eigenvalue weighted by Gasteiger charge is 2.14. The smallest absolute Gasteiger partial charge is 0.263 e. The number of pyridine rings is 1. The summed E-state index contributed by atoms with van der Waals surface area (Å²) in [5, 5.41) is 3.83. The predicted molar refractivity (Wildman–Crippen MR) is 94.3 cm³/mol. The van der Waals surface area contributed by atoms with Crippen molar-refractivity contribution in [1.82, 2.24) is 19.9 Å². The summed E-state index contributed by atoms with van der Waals surface area (Å²) < 4.78 is 6.61. The molecular weight excluding hydrogens is 328 g/mol. The molecule has 2 aromatic heterocycles. The molecule has 1 amide bonds. The van der Waals surface area contributed by atoms with Crippen molar-refractivity contribution < 1.29 is 9.53 Å². The molecule has 24 heavy (non-hydrogen) atoms. The number of nitrogens with one attached hydrogen (secondary N) is 1. The van der Waals surface area contributed by atoms with Crippen molar-refractivity contribution in [3.63, 3.8) is 0 Å². The van der Waals surface area contributed by atoms with Crippen LogP contribution in [0, 0.1) is 0 Å². The summed E-state index contributed by atoms with van der Waals surface area (Å²) in [4.78, 5) is 33.2. The minimum absolute atomic E-state index is 0.0805. The van der Waals surface area contributed by atoms with Crippen LogP contribution in [0.4, 0.5) is 0 Å². The van der Waals surface area contributed by atoms with E-state index in [9.17, 15) is 9.59 Å². The summed E-state index contributed by atoms with van der Waals surface area (Å²) in [5.74, 6) is 0.116. The molecule has 1 atom stereocenters. The van der Waals surface area contributed by atoms with E-state index in [2.05, 4.69) is 15.3 Å². The fourth-order valence-electron chi connectivity index (χ4n) is 2.07. The Balaban J connectivity index is 2.26. The van der Waals surface area contributed by atoms with Gasteiger partial charge in [-0.2, -0.15) is 0 Å². The van der Waals surface area contributed by atoms with Crippen molar-refractivity contribution >= 4 is 28.7 Å². The molecule has 0 fully saturated rings. The van der Waals surface area contributed by atoms with Crippen molar-refractivity contribution in [2.45, 2.75) is 38.0 Å². The number of carbonyl (C=O) groups is 1.